The van der Waals surface area contributed by atoms with Gasteiger partial charge >= 0.3 is 0 Å². The minimum Gasteiger partial charge on any atom is -0.492 e. The van der Waals surface area contributed by atoms with Crippen molar-refractivity contribution in [3.8, 4) is 11.5 Å². The molecule has 35 heavy (non-hydrogen) atoms. The molecule has 6 nitrogen and oxygen atoms in total. The zero-order valence-corrected chi connectivity index (χ0v) is 20.9. The monoisotopic (exact) mass is 474 g/mol. The number of amides is 1. The molecule has 0 aliphatic rings. The van der Waals surface area contributed by atoms with Gasteiger partial charge in [-0.05, 0) is 73.6 Å². The van der Waals surface area contributed by atoms with Gasteiger partial charge in [0, 0.05) is 19.3 Å². The van der Waals surface area contributed by atoms with Crippen molar-refractivity contribution < 1.29 is 19.0 Å². The Morgan fingerprint density at radius 3 is 2.06 bits per heavy atom. The normalized spacial score (nSPS) is 11.7. The maximum atomic E-state index is 13.6. The van der Waals surface area contributed by atoms with E-state index in [1.807, 2.05) is 93.0 Å². The number of hydrogen-bond acceptors (Lipinski definition) is 5. The Kier molecular flexibility index (Phi) is 9.90. The molecule has 0 aromatic heterocycles. The molecule has 3 rings (SSSR count). The van der Waals surface area contributed by atoms with Gasteiger partial charge in [0.15, 0.2) is 6.79 Å². The van der Waals surface area contributed by atoms with E-state index in [2.05, 4.69) is 17.1 Å². The number of nitrogens with one attached hydrogen (secondary N) is 1. The predicted octanol–water partition coefficient (Wildman–Crippen LogP) is 5.57. The molecule has 184 valence electrons. The number of nitrogens with zero attached hydrogens (tertiary/aromatic N) is 1. The number of anilines is 1. The number of allylic oxidation sites excluding steroid dienone is 1. The zero-order valence-electron chi connectivity index (χ0n) is 20.9. The summed E-state index contributed by atoms with van der Waals surface area (Å²) in [5.74, 6) is 1.28. The van der Waals surface area contributed by atoms with E-state index >= 15 is 0 Å². The van der Waals surface area contributed by atoms with Crippen molar-refractivity contribution in [1.82, 2.24) is 4.90 Å². The van der Waals surface area contributed by atoms with Crippen LogP contribution in [0, 0.1) is 0 Å². The van der Waals surface area contributed by atoms with Crippen molar-refractivity contribution in [1.29, 1.82) is 0 Å². The van der Waals surface area contributed by atoms with Gasteiger partial charge in [0.25, 0.3) is 5.91 Å². The number of ether oxygens (including phenoxy) is 3. The first-order chi connectivity index (χ1) is 17.0. The van der Waals surface area contributed by atoms with E-state index < -0.39 is 0 Å². The van der Waals surface area contributed by atoms with E-state index in [1.165, 1.54) is 0 Å². The maximum Gasteiger partial charge on any atom is 0.256 e. The van der Waals surface area contributed by atoms with Crippen LogP contribution >= 0.6 is 0 Å². The van der Waals surface area contributed by atoms with Crippen molar-refractivity contribution in [2.45, 2.75) is 13.3 Å². The topological polar surface area (TPSA) is 60.0 Å². The van der Waals surface area contributed by atoms with Gasteiger partial charge in [0.2, 0.25) is 0 Å². The van der Waals surface area contributed by atoms with Crippen LogP contribution in [0.1, 0.15) is 24.5 Å². The third-order valence-corrected chi connectivity index (χ3v) is 5.41. The minimum atomic E-state index is -0.169. The largest absolute Gasteiger partial charge is 0.492 e. The van der Waals surface area contributed by atoms with Crippen molar-refractivity contribution in [3.05, 3.63) is 90.0 Å². The zero-order chi connectivity index (χ0) is 25.0. The first-order valence-corrected chi connectivity index (χ1v) is 11.7. The van der Waals surface area contributed by atoms with Crippen LogP contribution in [0.2, 0.25) is 0 Å². The van der Waals surface area contributed by atoms with Gasteiger partial charge in [-0.25, -0.2) is 0 Å². The summed E-state index contributed by atoms with van der Waals surface area (Å²) in [6, 6.07) is 25.0. The third kappa shape index (κ3) is 7.70. The highest BCUT2D eigenvalue weighted by atomic mass is 16.7. The highest BCUT2D eigenvalue weighted by Crippen LogP contribution is 2.31. The van der Waals surface area contributed by atoms with E-state index in [0.717, 1.165) is 29.0 Å². The van der Waals surface area contributed by atoms with Crippen LogP contribution in [-0.4, -0.2) is 52.0 Å². The Morgan fingerprint density at radius 2 is 1.46 bits per heavy atom. The van der Waals surface area contributed by atoms with Crippen molar-refractivity contribution in [2.24, 2.45) is 0 Å². The van der Waals surface area contributed by atoms with Crippen molar-refractivity contribution in [3.63, 3.8) is 0 Å². The molecule has 0 fully saturated rings. The second-order valence-electron chi connectivity index (χ2n) is 8.28. The summed E-state index contributed by atoms with van der Waals surface area (Å²) < 4.78 is 16.3. The molecule has 0 saturated carbocycles. The average Bonchev–Trinajstić information content (AvgIpc) is 2.87. The smallest absolute Gasteiger partial charge is 0.256 e. The van der Waals surface area contributed by atoms with Crippen LogP contribution in [0.3, 0.4) is 0 Å². The fraction of sp³-hybridized carbons (Fsp3) is 0.276. The van der Waals surface area contributed by atoms with Crippen LogP contribution < -0.4 is 14.8 Å². The molecule has 3 aromatic rings. The molecule has 3 aromatic carbocycles. The minimum absolute atomic E-state index is 0.168. The van der Waals surface area contributed by atoms with Gasteiger partial charge in [0.1, 0.15) is 18.1 Å². The maximum absolute atomic E-state index is 13.6. The summed E-state index contributed by atoms with van der Waals surface area (Å²) in [5.41, 5.74) is 4.14. The van der Waals surface area contributed by atoms with Crippen molar-refractivity contribution >= 4 is 22.7 Å². The lowest BCUT2D eigenvalue weighted by Crippen LogP contribution is -2.19. The lowest BCUT2D eigenvalue weighted by Gasteiger charge is -2.16. The standard InChI is InChI=1S/C29H34N2O4/c1-5-27(22-9-7-6-8-10-22)28(23-11-15-26(16-12-23)35-21-33-4)29(32)30-24-13-17-25(18-14-24)34-20-19-31(2)3/h6-18H,5,19-21H2,1-4H3,(H,30,32)/b28-27-. The van der Waals surface area contributed by atoms with Gasteiger partial charge < -0.3 is 24.4 Å². The molecular weight excluding hydrogens is 440 g/mol. The Labute approximate surface area is 208 Å². The van der Waals surface area contributed by atoms with Crippen LogP contribution in [-0.2, 0) is 9.53 Å². The van der Waals surface area contributed by atoms with Gasteiger partial charge in [-0.1, -0.05) is 49.4 Å². The van der Waals surface area contributed by atoms with Gasteiger partial charge in [-0.15, -0.1) is 0 Å². The van der Waals surface area contributed by atoms with Crippen LogP contribution in [0.15, 0.2) is 78.9 Å². The molecule has 0 atom stereocenters. The number of benzene rings is 3. The molecular formula is C29H34N2O4. The number of carbonyl (C=O) groups is 1. The summed E-state index contributed by atoms with van der Waals surface area (Å²) in [7, 11) is 5.59. The van der Waals surface area contributed by atoms with Crippen LogP contribution in [0.25, 0.3) is 11.1 Å². The fourth-order valence-corrected chi connectivity index (χ4v) is 3.63. The third-order valence-electron chi connectivity index (χ3n) is 5.41. The molecule has 0 bridgehead atoms. The Bertz CT molecular complexity index is 1090. The number of methoxy groups -OCH3 is 1. The van der Waals surface area contributed by atoms with Crippen LogP contribution in [0.4, 0.5) is 5.69 Å². The number of likely N-dealkylation sites (N-methyl/N-ethyl adjacent to an activating group) is 1. The predicted molar refractivity (Wildman–Crippen MR) is 142 cm³/mol. The molecule has 0 unspecified atom stereocenters. The van der Waals surface area contributed by atoms with Gasteiger partial charge in [-0.2, -0.15) is 0 Å². The van der Waals surface area contributed by atoms with Crippen LogP contribution in [0.5, 0.6) is 11.5 Å². The number of rotatable bonds is 12. The van der Waals surface area contributed by atoms with E-state index in [4.69, 9.17) is 14.2 Å². The second kappa shape index (κ2) is 13.3. The van der Waals surface area contributed by atoms with E-state index in [-0.39, 0.29) is 12.7 Å². The Balaban J connectivity index is 1.88. The number of hydrogen-bond donors (Lipinski definition) is 1. The quantitative estimate of drug-likeness (QED) is 0.211. The highest BCUT2D eigenvalue weighted by Gasteiger charge is 2.19. The van der Waals surface area contributed by atoms with Crippen molar-refractivity contribution in [2.75, 3.05) is 46.5 Å². The molecule has 0 aliphatic heterocycles. The van der Waals surface area contributed by atoms with Gasteiger partial charge in [0.05, 0.1) is 5.57 Å². The molecule has 1 amide bonds. The van der Waals surface area contributed by atoms with E-state index in [0.29, 0.717) is 30.0 Å². The molecule has 0 aliphatic carbocycles. The summed E-state index contributed by atoms with van der Waals surface area (Å²) >= 11 is 0. The molecule has 6 heteroatoms. The molecule has 0 heterocycles. The Morgan fingerprint density at radius 1 is 0.829 bits per heavy atom. The molecule has 0 radical (unpaired) electrons. The number of carbonyl (C=O) groups excluding carboxylic acids is 1. The molecule has 1 N–H and O–H groups in total. The fourth-order valence-electron chi connectivity index (χ4n) is 3.63. The van der Waals surface area contributed by atoms with Gasteiger partial charge in [-0.3, -0.25) is 4.79 Å². The van der Waals surface area contributed by atoms with E-state index in [1.54, 1.807) is 7.11 Å². The summed E-state index contributed by atoms with van der Waals surface area (Å²) in [6.07, 6.45) is 0.702. The lowest BCUT2D eigenvalue weighted by atomic mass is 9.92. The average molecular weight is 475 g/mol. The SMILES string of the molecule is CC/C(=C(/C(=O)Nc1ccc(OCCN(C)C)cc1)c1ccc(OCOC)cc1)c1ccccc1. The summed E-state index contributed by atoms with van der Waals surface area (Å²) in [5, 5.41) is 3.06. The molecule has 0 spiro atoms. The first kappa shape index (κ1) is 26.0. The second-order valence-corrected chi connectivity index (χ2v) is 8.28. The van der Waals surface area contributed by atoms with E-state index in [9.17, 15) is 4.79 Å². The highest BCUT2D eigenvalue weighted by molar-refractivity contribution is 6.31. The molecule has 0 saturated heterocycles. The summed E-state index contributed by atoms with van der Waals surface area (Å²) in [6.45, 7) is 3.67. The Hall–Kier alpha value is -3.61. The first-order valence-electron chi connectivity index (χ1n) is 11.7. The lowest BCUT2D eigenvalue weighted by molar-refractivity contribution is -0.111. The summed E-state index contributed by atoms with van der Waals surface area (Å²) in [4.78, 5) is 15.7.